The third-order valence-electron chi connectivity index (χ3n) is 1.85. The maximum absolute atomic E-state index is 4.46. The second kappa shape index (κ2) is 2.82. The van der Waals surface area contributed by atoms with E-state index in [4.69, 9.17) is 0 Å². The van der Waals surface area contributed by atoms with Crippen molar-refractivity contribution in [1.82, 2.24) is 4.98 Å². The van der Waals surface area contributed by atoms with E-state index >= 15 is 0 Å². The predicted molar refractivity (Wildman–Crippen MR) is 56.8 cm³/mol. The second-order valence-electron chi connectivity index (χ2n) is 2.75. The molecule has 12 heavy (non-hydrogen) atoms. The highest BCUT2D eigenvalue weighted by atomic mass is 79.9. The number of hydrogen-bond donors (Lipinski definition) is 0. The molecule has 0 aliphatic heterocycles. The lowest BCUT2D eigenvalue weighted by molar-refractivity contribution is 1.32. The minimum Gasteiger partial charge on any atom is -0.241 e. The van der Waals surface area contributed by atoms with Gasteiger partial charge in [-0.1, -0.05) is 15.9 Å². The molecular formula is C9H8BrNS. The maximum Gasteiger partial charge on any atom is 0.0907 e. The summed E-state index contributed by atoms with van der Waals surface area (Å²) in [6.07, 6.45) is 0. The third kappa shape index (κ3) is 1.17. The molecule has 0 aliphatic carbocycles. The number of fused-ring (bicyclic) bond motifs is 1. The molecule has 1 aromatic carbocycles. The number of halogens is 1. The van der Waals surface area contributed by atoms with Crippen molar-refractivity contribution in [3.8, 4) is 0 Å². The van der Waals surface area contributed by atoms with Crippen molar-refractivity contribution in [3.63, 3.8) is 0 Å². The van der Waals surface area contributed by atoms with E-state index in [1.165, 1.54) is 10.3 Å². The molecule has 62 valence electrons. The molecule has 0 N–H and O–H groups in total. The number of nitrogens with zero attached hydrogens (tertiary/aromatic N) is 1. The van der Waals surface area contributed by atoms with Crippen LogP contribution in [0.4, 0.5) is 0 Å². The molecule has 0 unspecified atom stereocenters. The topological polar surface area (TPSA) is 12.9 Å². The summed E-state index contributed by atoms with van der Waals surface area (Å²) in [6, 6.07) is 4.19. The molecule has 1 heterocycles. The zero-order chi connectivity index (χ0) is 8.72. The van der Waals surface area contributed by atoms with E-state index in [0.29, 0.717) is 0 Å². The zero-order valence-electron chi connectivity index (χ0n) is 6.89. The van der Waals surface area contributed by atoms with Gasteiger partial charge in [-0.15, -0.1) is 11.3 Å². The molecule has 0 radical (unpaired) electrons. The van der Waals surface area contributed by atoms with Gasteiger partial charge in [-0.3, -0.25) is 0 Å². The Morgan fingerprint density at radius 3 is 2.83 bits per heavy atom. The van der Waals surface area contributed by atoms with Gasteiger partial charge in [0.1, 0.15) is 0 Å². The Hall–Kier alpha value is -0.410. The smallest absolute Gasteiger partial charge is 0.0907 e. The van der Waals surface area contributed by atoms with Gasteiger partial charge in [0.25, 0.3) is 0 Å². The first-order valence-corrected chi connectivity index (χ1v) is 5.31. The lowest BCUT2D eigenvalue weighted by Crippen LogP contribution is -1.77. The van der Waals surface area contributed by atoms with Crippen LogP contribution in [0.15, 0.2) is 16.6 Å². The van der Waals surface area contributed by atoms with Crippen LogP contribution in [0.25, 0.3) is 10.2 Å². The molecule has 0 spiro atoms. The molecule has 1 nitrogen and oxygen atoms in total. The first-order chi connectivity index (χ1) is 5.68. The third-order valence-corrected chi connectivity index (χ3v) is 3.65. The minimum absolute atomic E-state index is 1.13. The molecular weight excluding hydrogens is 234 g/mol. The summed E-state index contributed by atoms with van der Waals surface area (Å²) in [5.41, 5.74) is 2.36. The summed E-state index contributed by atoms with van der Waals surface area (Å²) in [4.78, 5) is 4.46. The molecule has 3 heteroatoms. The summed E-state index contributed by atoms with van der Waals surface area (Å²) < 4.78 is 2.41. The van der Waals surface area contributed by atoms with E-state index in [9.17, 15) is 0 Å². The average Bonchev–Trinajstić information content (AvgIpc) is 2.39. The van der Waals surface area contributed by atoms with Crippen molar-refractivity contribution in [1.29, 1.82) is 0 Å². The first kappa shape index (κ1) is 8.20. The molecule has 0 saturated heterocycles. The average molecular weight is 242 g/mol. The fourth-order valence-electron chi connectivity index (χ4n) is 1.21. The van der Waals surface area contributed by atoms with E-state index in [-0.39, 0.29) is 0 Å². The van der Waals surface area contributed by atoms with Gasteiger partial charge in [0, 0.05) is 4.47 Å². The molecule has 0 aliphatic rings. The summed E-state index contributed by atoms with van der Waals surface area (Å²) in [5.74, 6) is 0. The van der Waals surface area contributed by atoms with Crippen LogP contribution in [0, 0.1) is 13.8 Å². The fraction of sp³-hybridized carbons (Fsp3) is 0.222. The van der Waals surface area contributed by atoms with Crippen molar-refractivity contribution in [2.24, 2.45) is 0 Å². The first-order valence-electron chi connectivity index (χ1n) is 3.71. The SMILES string of the molecule is Cc1nc2c(C)c(Br)ccc2s1. The van der Waals surface area contributed by atoms with Crippen molar-refractivity contribution >= 4 is 37.5 Å². The lowest BCUT2D eigenvalue weighted by atomic mass is 10.2. The van der Waals surface area contributed by atoms with Crippen LogP contribution in [-0.4, -0.2) is 4.98 Å². The van der Waals surface area contributed by atoms with Crippen molar-refractivity contribution in [3.05, 3.63) is 27.2 Å². The van der Waals surface area contributed by atoms with Gasteiger partial charge in [-0.25, -0.2) is 4.98 Å². The number of aryl methyl sites for hydroxylation is 2. The van der Waals surface area contributed by atoms with Gasteiger partial charge in [0.05, 0.1) is 15.2 Å². The second-order valence-corrected chi connectivity index (χ2v) is 4.84. The van der Waals surface area contributed by atoms with Crippen LogP contribution in [0.5, 0.6) is 0 Å². The van der Waals surface area contributed by atoms with E-state index in [1.807, 2.05) is 6.92 Å². The molecule has 0 saturated carbocycles. The van der Waals surface area contributed by atoms with Gasteiger partial charge < -0.3 is 0 Å². The summed E-state index contributed by atoms with van der Waals surface area (Å²) in [6.45, 7) is 4.13. The number of thiazole rings is 1. The lowest BCUT2D eigenvalue weighted by Gasteiger charge is -1.96. The van der Waals surface area contributed by atoms with E-state index in [1.54, 1.807) is 11.3 Å². The highest BCUT2D eigenvalue weighted by molar-refractivity contribution is 9.10. The Balaban J connectivity index is 2.89. The standard InChI is InChI=1S/C9H8BrNS/c1-5-7(10)3-4-8-9(5)11-6(2)12-8/h3-4H,1-2H3. The molecule has 0 bridgehead atoms. The Kier molecular flexibility index (Phi) is 1.93. The summed E-state index contributed by atoms with van der Waals surface area (Å²) >= 11 is 5.23. The molecule has 1 aromatic heterocycles. The minimum atomic E-state index is 1.13. The summed E-state index contributed by atoms with van der Waals surface area (Å²) in [5, 5.41) is 1.13. The van der Waals surface area contributed by atoms with Gasteiger partial charge in [0.15, 0.2) is 0 Å². The molecule has 2 aromatic rings. The van der Waals surface area contributed by atoms with Crippen LogP contribution in [0.1, 0.15) is 10.6 Å². The molecule has 0 amide bonds. The Labute approximate surface area is 83.6 Å². The normalized spacial score (nSPS) is 10.9. The number of rotatable bonds is 0. The van der Waals surface area contributed by atoms with Crippen molar-refractivity contribution in [2.75, 3.05) is 0 Å². The predicted octanol–water partition coefficient (Wildman–Crippen LogP) is 3.68. The van der Waals surface area contributed by atoms with Crippen LogP contribution in [0.3, 0.4) is 0 Å². The molecule has 0 atom stereocenters. The number of benzene rings is 1. The van der Waals surface area contributed by atoms with Crippen LogP contribution in [0.2, 0.25) is 0 Å². The number of aromatic nitrogens is 1. The zero-order valence-corrected chi connectivity index (χ0v) is 9.29. The maximum atomic E-state index is 4.46. The Morgan fingerprint density at radius 2 is 2.08 bits per heavy atom. The largest absolute Gasteiger partial charge is 0.241 e. The van der Waals surface area contributed by atoms with Gasteiger partial charge >= 0.3 is 0 Å². The monoisotopic (exact) mass is 241 g/mol. The highest BCUT2D eigenvalue weighted by Crippen LogP contribution is 2.28. The molecule has 2 rings (SSSR count). The van der Waals surface area contributed by atoms with E-state index < -0.39 is 0 Å². The quantitative estimate of drug-likeness (QED) is 0.686. The highest BCUT2D eigenvalue weighted by Gasteiger charge is 2.04. The van der Waals surface area contributed by atoms with E-state index in [2.05, 4.69) is 40.0 Å². The van der Waals surface area contributed by atoms with Gasteiger partial charge in [0.2, 0.25) is 0 Å². The van der Waals surface area contributed by atoms with Crippen molar-refractivity contribution in [2.45, 2.75) is 13.8 Å². The van der Waals surface area contributed by atoms with Gasteiger partial charge in [-0.2, -0.15) is 0 Å². The fourth-order valence-corrected chi connectivity index (χ4v) is 2.42. The molecule has 0 fully saturated rings. The number of hydrogen-bond acceptors (Lipinski definition) is 2. The van der Waals surface area contributed by atoms with Gasteiger partial charge in [-0.05, 0) is 31.5 Å². The van der Waals surface area contributed by atoms with Crippen LogP contribution >= 0.6 is 27.3 Å². The van der Waals surface area contributed by atoms with E-state index in [0.717, 1.165) is 15.0 Å². The van der Waals surface area contributed by atoms with Crippen molar-refractivity contribution < 1.29 is 0 Å². The van der Waals surface area contributed by atoms with Crippen LogP contribution < -0.4 is 0 Å². The van der Waals surface area contributed by atoms with Crippen LogP contribution in [-0.2, 0) is 0 Å². The summed E-state index contributed by atoms with van der Waals surface area (Å²) in [7, 11) is 0. The Bertz CT molecular complexity index is 433. The Morgan fingerprint density at radius 1 is 1.33 bits per heavy atom.